The molecule has 2 aliphatic rings. The van der Waals surface area contributed by atoms with Crippen LogP contribution in [0.1, 0.15) is 52.0 Å². The second kappa shape index (κ2) is 7.73. The number of fused-ring (bicyclic) bond motifs is 1. The summed E-state index contributed by atoms with van der Waals surface area (Å²) >= 11 is 1.70. The van der Waals surface area contributed by atoms with Crippen LogP contribution in [0.25, 0.3) is 10.9 Å². The minimum atomic E-state index is 0.122. The molecule has 0 radical (unpaired) electrons. The Balaban J connectivity index is 1.75. The summed E-state index contributed by atoms with van der Waals surface area (Å²) in [4.78, 5) is 18.3. The first-order valence-electron chi connectivity index (χ1n) is 9.91. The highest BCUT2D eigenvalue weighted by molar-refractivity contribution is 7.99. The van der Waals surface area contributed by atoms with E-state index in [4.69, 9.17) is 9.72 Å². The molecule has 1 saturated carbocycles. The third kappa shape index (κ3) is 3.44. The second-order valence-corrected chi connectivity index (χ2v) is 8.85. The highest BCUT2D eigenvalue weighted by Gasteiger charge is 2.31. The molecule has 1 aliphatic carbocycles. The Bertz CT molecular complexity index is 828. The highest BCUT2D eigenvalue weighted by atomic mass is 32.2. The van der Waals surface area contributed by atoms with E-state index in [0.717, 1.165) is 47.7 Å². The fourth-order valence-electron chi connectivity index (χ4n) is 4.38. The molecule has 1 aliphatic heterocycles. The molecule has 26 heavy (non-hydrogen) atoms. The number of nitrogens with zero attached hydrogens (tertiary/aromatic N) is 2. The highest BCUT2D eigenvalue weighted by Crippen LogP contribution is 2.39. The second-order valence-electron chi connectivity index (χ2n) is 7.87. The van der Waals surface area contributed by atoms with Gasteiger partial charge in [-0.05, 0) is 43.2 Å². The van der Waals surface area contributed by atoms with Crippen LogP contribution in [-0.2, 0) is 4.74 Å². The van der Waals surface area contributed by atoms with Gasteiger partial charge in [-0.15, -0.1) is 0 Å². The van der Waals surface area contributed by atoms with E-state index in [9.17, 15) is 4.79 Å². The van der Waals surface area contributed by atoms with Crippen molar-refractivity contribution in [2.24, 2.45) is 11.8 Å². The number of ether oxygens (including phenoxy) is 1. The Hall–Kier alpha value is -1.33. The lowest BCUT2D eigenvalue weighted by Gasteiger charge is -2.36. The molecule has 1 aromatic heterocycles. The van der Waals surface area contributed by atoms with Crippen molar-refractivity contribution < 1.29 is 4.74 Å². The first-order valence-corrected chi connectivity index (χ1v) is 10.9. The summed E-state index contributed by atoms with van der Waals surface area (Å²) in [5.74, 6) is 2.01. The van der Waals surface area contributed by atoms with Crippen molar-refractivity contribution in [1.82, 2.24) is 9.55 Å². The average molecular weight is 373 g/mol. The zero-order valence-corrected chi connectivity index (χ0v) is 16.5. The van der Waals surface area contributed by atoms with Gasteiger partial charge in [-0.3, -0.25) is 9.36 Å². The van der Waals surface area contributed by atoms with E-state index in [-0.39, 0.29) is 11.6 Å². The molecule has 4 nitrogen and oxygen atoms in total. The van der Waals surface area contributed by atoms with Crippen molar-refractivity contribution in [3.05, 3.63) is 34.6 Å². The summed E-state index contributed by atoms with van der Waals surface area (Å²) in [6.07, 6.45) is 6.05. The van der Waals surface area contributed by atoms with Gasteiger partial charge in [0, 0.05) is 18.4 Å². The fraction of sp³-hybridized carbons (Fsp3) is 0.619. The third-order valence-electron chi connectivity index (χ3n) is 6.19. The van der Waals surface area contributed by atoms with E-state index < -0.39 is 0 Å². The molecule has 2 fully saturated rings. The maximum absolute atomic E-state index is 13.4. The van der Waals surface area contributed by atoms with Gasteiger partial charge in [-0.25, -0.2) is 4.98 Å². The van der Waals surface area contributed by atoms with Crippen LogP contribution >= 0.6 is 11.8 Å². The molecule has 0 unspecified atom stereocenters. The molecule has 0 spiro atoms. The maximum atomic E-state index is 13.4. The topological polar surface area (TPSA) is 44.1 Å². The molecule has 4 atom stereocenters. The molecule has 0 bridgehead atoms. The first-order chi connectivity index (χ1) is 12.6. The standard InChI is InChI=1S/C21H28N2O2S/c1-14-7-5-11-19(15(14)2)23-20(24)17-9-3-4-10-18(17)22-21(23)26-13-16-8-6-12-25-16/h3-4,9-10,14-16,19H,5-8,11-13H2,1-2H3/t14-,15-,16+,19-/m1/s1. The van der Waals surface area contributed by atoms with Crippen molar-refractivity contribution in [2.45, 2.75) is 63.3 Å². The quantitative estimate of drug-likeness (QED) is 0.578. The number of hydrogen-bond donors (Lipinski definition) is 0. The summed E-state index contributed by atoms with van der Waals surface area (Å²) < 4.78 is 7.80. The van der Waals surface area contributed by atoms with Gasteiger partial charge in [0.05, 0.1) is 17.0 Å². The molecular weight excluding hydrogens is 344 g/mol. The molecule has 140 valence electrons. The van der Waals surface area contributed by atoms with Crippen LogP contribution in [0.15, 0.2) is 34.2 Å². The summed E-state index contributed by atoms with van der Waals surface area (Å²) in [5.41, 5.74) is 0.927. The number of aromatic nitrogens is 2. The van der Waals surface area contributed by atoms with Gasteiger partial charge in [0.15, 0.2) is 5.16 Å². The molecule has 0 N–H and O–H groups in total. The molecule has 1 aromatic carbocycles. The number of thioether (sulfide) groups is 1. The van der Waals surface area contributed by atoms with Crippen molar-refractivity contribution in [1.29, 1.82) is 0 Å². The predicted octanol–water partition coefficient (Wildman–Crippen LogP) is 4.66. The number of para-hydroxylation sites is 1. The lowest BCUT2D eigenvalue weighted by atomic mass is 9.78. The van der Waals surface area contributed by atoms with E-state index in [0.29, 0.717) is 17.9 Å². The lowest BCUT2D eigenvalue weighted by molar-refractivity contribution is 0.128. The normalized spacial score (nSPS) is 29.3. The van der Waals surface area contributed by atoms with Gasteiger partial charge in [0.25, 0.3) is 5.56 Å². The van der Waals surface area contributed by atoms with Gasteiger partial charge in [-0.2, -0.15) is 0 Å². The Morgan fingerprint density at radius 2 is 2.04 bits per heavy atom. The van der Waals surface area contributed by atoms with Crippen molar-refractivity contribution in [2.75, 3.05) is 12.4 Å². The van der Waals surface area contributed by atoms with Gasteiger partial charge < -0.3 is 4.74 Å². The molecule has 1 saturated heterocycles. The average Bonchev–Trinajstić information content (AvgIpc) is 3.17. The van der Waals surface area contributed by atoms with Crippen LogP contribution in [0.2, 0.25) is 0 Å². The Kier molecular flexibility index (Phi) is 5.37. The number of rotatable bonds is 4. The molecular formula is C21H28N2O2S. The monoisotopic (exact) mass is 372 g/mol. The van der Waals surface area contributed by atoms with Crippen LogP contribution in [0.5, 0.6) is 0 Å². The summed E-state index contributed by atoms with van der Waals surface area (Å²) in [6.45, 7) is 5.47. The third-order valence-corrected chi connectivity index (χ3v) is 7.28. The molecule has 2 heterocycles. The van der Waals surface area contributed by atoms with Gasteiger partial charge in [0.1, 0.15) is 0 Å². The maximum Gasteiger partial charge on any atom is 0.262 e. The molecule has 2 aromatic rings. The van der Waals surface area contributed by atoms with Crippen molar-refractivity contribution in [3.63, 3.8) is 0 Å². The minimum absolute atomic E-state index is 0.122. The van der Waals surface area contributed by atoms with Gasteiger partial charge in [-0.1, -0.05) is 50.6 Å². The van der Waals surface area contributed by atoms with Crippen molar-refractivity contribution in [3.8, 4) is 0 Å². The van der Waals surface area contributed by atoms with Gasteiger partial charge >= 0.3 is 0 Å². The van der Waals surface area contributed by atoms with E-state index in [2.05, 4.69) is 13.8 Å². The Morgan fingerprint density at radius 1 is 1.19 bits per heavy atom. The Morgan fingerprint density at radius 3 is 2.85 bits per heavy atom. The van der Waals surface area contributed by atoms with Crippen LogP contribution in [-0.4, -0.2) is 28.0 Å². The SMILES string of the molecule is C[C@@H]1[C@H](C)CCC[C@H]1n1c(SC[C@@H]2CCCO2)nc2ccccc2c1=O. The lowest BCUT2D eigenvalue weighted by Crippen LogP contribution is -2.35. The van der Waals surface area contributed by atoms with Crippen LogP contribution < -0.4 is 5.56 Å². The van der Waals surface area contributed by atoms with Crippen LogP contribution in [0.3, 0.4) is 0 Å². The predicted molar refractivity (Wildman–Crippen MR) is 107 cm³/mol. The molecule has 4 rings (SSSR count). The van der Waals surface area contributed by atoms with Crippen molar-refractivity contribution >= 4 is 22.7 Å². The summed E-state index contributed by atoms with van der Waals surface area (Å²) in [6, 6.07) is 7.99. The smallest absolute Gasteiger partial charge is 0.262 e. The van der Waals surface area contributed by atoms with E-state index in [1.807, 2.05) is 28.8 Å². The first kappa shape index (κ1) is 18.1. The molecule has 5 heteroatoms. The fourth-order valence-corrected chi connectivity index (χ4v) is 5.50. The largest absolute Gasteiger partial charge is 0.377 e. The Labute approximate surface area is 159 Å². The molecule has 0 amide bonds. The zero-order chi connectivity index (χ0) is 18.1. The number of benzene rings is 1. The number of hydrogen-bond acceptors (Lipinski definition) is 4. The zero-order valence-electron chi connectivity index (χ0n) is 15.7. The van der Waals surface area contributed by atoms with E-state index in [1.165, 1.54) is 12.8 Å². The van der Waals surface area contributed by atoms with Gasteiger partial charge in [0.2, 0.25) is 0 Å². The summed E-state index contributed by atoms with van der Waals surface area (Å²) in [5, 5.41) is 1.61. The van der Waals surface area contributed by atoms with Crippen LogP contribution in [0.4, 0.5) is 0 Å². The van der Waals surface area contributed by atoms with E-state index in [1.54, 1.807) is 11.8 Å². The van der Waals surface area contributed by atoms with Crippen LogP contribution in [0, 0.1) is 11.8 Å². The minimum Gasteiger partial charge on any atom is -0.377 e. The van der Waals surface area contributed by atoms with E-state index >= 15 is 0 Å². The summed E-state index contributed by atoms with van der Waals surface area (Å²) in [7, 11) is 0.